The largest absolute Gasteiger partial charge is 0.361 e. The Kier molecular flexibility index (Phi) is 8.35. The zero-order valence-corrected chi connectivity index (χ0v) is 16.3. The number of hydrogen-bond donors (Lipinski definition) is 3. The van der Waals surface area contributed by atoms with Crippen LogP contribution in [0.2, 0.25) is 0 Å². The Morgan fingerprint density at radius 2 is 1.89 bits per heavy atom. The van der Waals surface area contributed by atoms with Crippen molar-refractivity contribution in [3.8, 4) is 0 Å². The molecule has 0 radical (unpaired) electrons. The Bertz CT molecular complexity index is 719. The molecule has 0 aliphatic heterocycles. The van der Waals surface area contributed by atoms with Gasteiger partial charge in [0, 0.05) is 32.1 Å². The third-order valence-corrected chi connectivity index (χ3v) is 4.26. The number of rotatable bonds is 9. The van der Waals surface area contributed by atoms with Crippen LogP contribution in [0.4, 0.5) is 0 Å². The summed E-state index contributed by atoms with van der Waals surface area (Å²) in [6.45, 7) is 5.42. The Morgan fingerprint density at radius 3 is 2.56 bits per heavy atom. The van der Waals surface area contributed by atoms with Gasteiger partial charge in [0.1, 0.15) is 5.76 Å². The van der Waals surface area contributed by atoms with Crippen molar-refractivity contribution < 1.29 is 9.32 Å². The first kappa shape index (κ1) is 20.5. The van der Waals surface area contributed by atoms with E-state index in [0.29, 0.717) is 19.0 Å². The SMILES string of the molecule is CCc1noc(CC)c1CNC(=NC)NCC(=O)NCCc1ccccc1. The van der Waals surface area contributed by atoms with E-state index in [-0.39, 0.29) is 12.5 Å². The molecule has 0 fully saturated rings. The van der Waals surface area contributed by atoms with Crippen LogP contribution in [0.15, 0.2) is 39.8 Å². The molecule has 27 heavy (non-hydrogen) atoms. The zero-order valence-electron chi connectivity index (χ0n) is 16.3. The van der Waals surface area contributed by atoms with E-state index in [1.54, 1.807) is 7.05 Å². The molecule has 146 valence electrons. The number of aromatic nitrogens is 1. The molecule has 2 aromatic rings. The van der Waals surface area contributed by atoms with Crippen molar-refractivity contribution in [2.75, 3.05) is 20.1 Å². The molecule has 3 N–H and O–H groups in total. The normalized spacial score (nSPS) is 11.3. The van der Waals surface area contributed by atoms with E-state index in [2.05, 4.69) is 38.2 Å². The summed E-state index contributed by atoms with van der Waals surface area (Å²) >= 11 is 0. The first-order chi connectivity index (χ1) is 13.2. The van der Waals surface area contributed by atoms with Gasteiger partial charge in [0.05, 0.1) is 12.2 Å². The molecule has 1 heterocycles. The fraction of sp³-hybridized carbons (Fsp3) is 0.450. The van der Waals surface area contributed by atoms with E-state index in [1.807, 2.05) is 32.0 Å². The van der Waals surface area contributed by atoms with Gasteiger partial charge in [0.25, 0.3) is 0 Å². The molecule has 0 aliphatic rings. The lowest BCUT2D eigenvalue weighted by atomic mass is 10.1. The number of nitrogens with one attached hydrogen (secondary N) is 3. The molecule has 0 bridgehead atoms. The number of nitrogens with zero attached hydrogens (tertiary/aromatic N) is 2. The molecular formula is C20H29N5O2. The first-order valence-electron chi connectivity index (χ1n) is 9.39. The summed E-state index contributed by atoms with van der Waals surface area (Å²) in [6, 6.07) is 10.1. The fourth-order valence-corrected chi connectivity index (χ4v) is 2.75. The number of aryl methyl sites for hydroxylation is 2. The Hall–Kier alpha value is -2.83. The summed E-state index contributed by atoms with van der Waals surface area (Å²) < 4.78 is 5.37. The minimum atomic E-state index is -0.0673. The highest BCUT2D eigenvalue weighted by atomic mass is 16.5. The molecule has 0 atom stereocenters. The van der Waals surface area contributed by atoms with Crippen LogP contribution in [0.25, 0.3) is 0 Å². The number of amides is 1. The van der Waals surface area contributed by atoms with Crippen molar-refractivity contribution in [2.24, 2.45) is 4.99 Å². The number of carbonyl (C=O) groups excluding carboxylic acids is 1. The molecule has 1 aromatic heterocycles. The highest BCUT2D eigenvalue weighted by Crippen LogP contribution is 2.15. The third kappa shape index (κ3) is 6.44. The van der Waals surface area contributed by atoms with Crippen LogP contribution in [0, 0.1) is 0 Å². The molecule has 1 amide bonds. The Morgan fingerprint density at radius 1 is 1.11 bits per heavy atom. The lowest BCUT2D eigenvalue weighted by Gasteiger charge is -2.12. The van der Waals surface area contributed by atoms with Crippen LogP contribution in [0.1, 0.15) is 36.4 Å². The monoisotopic (exact) mass is 371 g/mol. The van der Waals surface area contributed by atoms with Crippen LogP contribution >= 0.6 is 0 Å². The van der Waals surface area contributed by atoms with Crippen LogP contribution in [-0.4, -0.2) is 37.2 Å². The van der Waals surface area contributed by atoms with Gasteiger partial charge < -0.3 is 20.5 Å². The summed E-state index contributed by atoms with van der Waals surface area (Å²) in [5.41, 5.74) is 3.22. The molecule has 0 unspecified atom stereocenters. The number of carbonyl (C=O) groups is 1. The number of hydrogen-bond acceptors (Lipinski definition) is 4. The minimum Gasteiger partial charge on any atom is -0.361 e. The van der Waals surface area contributed by atoms with E-state index in [0.717, 1.165) is 36.3 Å². The second-order valence-electron chi connectivity index (χ2n) is 6.10. The Balaban J connectivity index is 1.73. The van der Waals surface area contributed by atoms with Crippen molar-refractivity contribution in [1.29, 1.82) is 0 Å². The topological polar surface area (TPSA) is 91.6 Å². The number of aliphatic imine (C=N–C) groups is 1. The van der Waals surface area contributed by atoms with Gasteiger partial charge in [-0.25, -0.2) is 0 Å². The summed E-state index contributed by atoms with van der Waals surface area (Å²) in [5, 5.41) is 13.3. The van der Waals surface area contributed by atoms with E-state index in [1.165, 1.54) is 5.56 Å². The fourth-order valence-electron chi connectivity index (χ4n) is 2.75. The molecular weight excluding hydrogens is 342 g/mol. The molecule has 0 spiro atoms. The highest BCUT2D eigenvalue weighted by Gasteiger charge is 2.13. The predicted octanol–water partition coefficient (Wildman–Crippen LogP) is 1.82. The summed E-state index contributed by atoms with van der Waals surface area (Å²) in [6.07, 6.45) is 2.42. The zero-order chi connectivity index (χ0) is 19.5. The van der Waals surface area contributed by atoms with Gasteiger partial charge in [-0.05, 0) is 18.4 Å². The van der Waals surface area contributed by atoms with Crippen molar-refractivity contribution in [3.63, 3.8) is 0 Å². The van der Waals surface area contributed by atoms with E-state index in [9.17, 15) is 4.79 Å². The smallest absolute Gasteiger partial charge is 0.239 e. The molecule has 7 nitrogen and oxygen atoms in total. The average molecular weight is 371 g/mol. The standard InChI is InChI=1S/C20H29N5O2/c1-4-17-16(18(5-2)27-25-17)13-23-20(21-3)24-14-19(26)22-12-11-15-9-7-6-8-10-15/h6-10H,4-5,11-14H2,1-3H3,(H,22,26)(H2,21,23,24). The molecule has 0 saturated carbocycles. The average Bonchev–Trinajstić information content (AvgIpc) is 3.11. The second-order valence-corrected chi connectivity index (χ2v) is 6.10. The maximum atomic E-state index is 12.0. The molecule has 2 rings (SSSR count). The molecule has 0 aliphatic carbocycles. The van der Waals surface area contributed by atoms with Crippen LogP contribution < -0.4 is 16.0 Å². The maximum absolute atomic E-state index is 12.0. The quantitative estimate of drug-likeness (QED) is 0.462. The van der Waals surface area contributed by atoms with Gasteiger partial charge in [-0.1, -0.05) is 49.3 Å². The molecule has 0 saturated heterocycles. The van der Waals surface area contributed by atoms with E-state index < -0.39 is 0 Å². The van der Waals surface area contributed by atoms with Crippen LogP contribution in [0.3, 0.4) is 0 Å². The number of benzene rings is 1. The lowest BCUT2D eigenvalue weighted by Crippen LogP contribution is -2.43. The van der Waals surface area contributed by atoms with Crippen molar-refractivity contribution >= 4 is 11.9 Å². The summed E-state index contributed by atoms with van der Waals surface area (Å²) in [4.78, 5) is 16.2. The third-order valence-electron chi connectivity index (χ3n) is 4.26. The van der Waals surface area contributed by atoms with Crippen molar-refractivity contribution in [3.05, 3.63) is 52.9 Å². The van der Waals surface area contributed by atoms with Gasteiger partial charge >= 0.3 is 0 Å². The second kappa shape index (κ2) is 11.0. The van der Waals surface area contributed by atoms with Gasteiger partial charge in [-0.15, -0.1) is 0 Å². The van der Waals surface area contributed by atoms with E-state index >= 15 is 0 Å². The highest BCUT2D eigenvalue weighted by molar-refractivity contribution is 5.86. The molecule has 7 heteroatoms. The minimum absolute atomic E-state index is 0.0673. The van der Waals surface area contributed by atoms with Gasteiger partial charge in [0.2, 0.25) is 5.91 Å². The number of guanidine groups is 1. The van der Waals surface area contributed by atoms with Gasteiger partial charge in [-0.2, -0.15) is 0 Å². The van der Waals surface area contributed by atoms with Crippen molar-refractivity contribution in [2.45, 2.75) is 39.7 Å². The van der Waals surface area contributed by atoms with Gasteiger partial charge in [-0.3, -0.25) is 9.79 Å². The maximum Gasteiger partial charge on any atom is 0.239 e. The predicted molar refractivity (Wildman–Crippen MR) is 107 cm³/mol. The van der Waals surface area contributed by atoms with Crippen LogP contribution in [0.5, 0.6) is 0 Å². The lowest BCUT2D eigenvalue weighted by molar-refractivity contribution is -0.119. The van der Waals surface area contributed by atoms with Crippen LogP contribution in [-0.2, 0) is 30.6 Å². The Labute approximate surface area is 160 Å². The van der Waals surface area contributed by atoms with Gasteiger partial charge in [0.15, 0.2) is 5.96 Å². The first-order valence-corrected chi connectivity index (χ1v) is 9.39. The molecule has 1 aromatic carbocycles. The summed E-state index contributed by atoms with van der Waals surface area (Å²) in [7, 11) is 1.68. The summed E-state index contributed by atoms with van der Waals surface area (Å²) in [5.74, 6) is 1.38. The van der Waals surface area contributed by atoms with Crippen molar-refractivity contribution in [1.82, 2.24) is 21.1 Å². The van der Waals surface area contributed by atoms with E-state index in [4.69, 9.17) is 4.52 Å².